The lowest BCUT2D eigenvalue weighted by Gasteiger charge is -2.05. The normalized spacial score (nSPS) is 10.9. The zero-order valence-electron chi connectivity index (χ0n) is 9.97. The summed E-state index contributed by atoms with van der Waals surface area (Å²) in [5.74, 6) is 0. The van der Waals surface area contributed by atoms with E-state index in [2.05, 4.69) is 53.9 Å². The third-order valence-electron chi connectivity index (χ3n) is 3.14. The summed E-state index contributed by atoms with van der Waals surface area (Å²) < 4.78 is 0. The molecule has 1 aromatic heterocycles. The van der Waals surface area contributed by atoms with Crippen LogP contribution in [-0.2, 0) is 6.42 Å². The van der Waals surface area contributed by atoms with Crippen LogP contribution in [0.4, 0.5) is 0 Å². The Bertz CT molecular complexity index is 669. The Morgan fingerprint density at radius 3 is 2.61 bits per heavy atom. The van der Waals surface area contributed by atoms with Crippen LogP contribution in [-0.4, -0.2) is 11.7 Å². The molecule has 0 aliphatic heterocycles. The van der Waals surface area contributed by atoms with Crippen molar-refractivity contribution >= 4 is 22.1 Å². The highest BCUT2D eigenvalue weighted by atomic mass is 32.1. The predicted molar refractivity (Wildman–Crippen MR) is 78.1 cm³/mol. The Balaban J connectivity index is 2.10. The van der Waals surface area contributed by atoms with E-state index < -0.39 is 0 Å². The fourth-order valence-electron chi connectivity index (χ4n) is 2.25. The van der Waals surface area contributed by atoms with Crippen LogP contribution < -0.4 is 0 Å². The van der Waals surface area contributed by atoms with Crippen LogP contribution in [0, 0.1) is 0 Å². The van der Waals surface area contributed by atoms with Crippen molar-refractivity contribution in [1.29, 1.82) is 0 Å². The lowest BCUT2D eigenvalue weighted by atomic mass is 10.0. The summed E-state index contributed by atoms with van der Waals surface area (Å²) in [5.41, 5.74) is 2.48. The van der Waals surface area contributed by atoms with Crippen molar-refractivity contribution in [2.45, 2.75) is 6.42 Å². The molecule has 1 heterocycles. The number of hydrogen-bond donors (Lipinski definition) is 1. The molecular formula is C16H14OS. The highest BCUT2D eigenvalue weighted by molar-refractivity contribution is 7.10. The van der Waals surface area contributed by atoms with Crippen LogP contribution in [0.1, 0.15) is 4.88 Å². The van der Waals surface area contributed by atoms with Crippen molar-refractivity contribution in [3.63, 3.8) is 0 Å². The Labute approximate surface area is 110 Å². The van der Waals surface area contributed by atoms with Crippen molar-refractivity contribution < 1.29 is 5.11 Å². The summed E-state index contributed by atoms with van der Waals surface area (Å²) in [5, 5.41) is 13.7. The van der Waals surface area contributed by atoms with Gasteiger partial charge in [0.25, 0.3) is 0 Å². The van der Waals surface area contributed by atoms with Gasteiger partial charge in [-0.1, -0.05) is 36.4 Å². The number of aliphatic hydroxyl groups excluding tert-OH is 1. The number of aliphatic hydroxyl groups is 1. The maximum absolute atomic E-state index is 9.09. The van der Waals surface area contributed by atoms with Crippen molar-refractivity contribution in [2.24, 2.45) is 0 Å². The van der Waals surface area contributed by atoms with Gasteiger partial charge < -0.3 is 5.11 Å². The van der Waals surface area contributed by atoms with Gasteiger partial charge in [-0.3, -0.25) is 0 Å². The predicted octanol–water partition coefficient (Wildman–Crippen LogP) is 4.10. The second kappa shape index (κ2) is 4.92. The standard InChI is InChI=1S/C16H14OS/c17-9-7-16-15(8-10-18-16)14-6-5-12-3-1-2-4-13(12)11-14/h1-6,8,10-11,17H,7,9H2. The highest BCUT2D eigenvalue weighted by Gasteiger charge is 2.06. The number of thiophene rings is 1. The molecule has 1 N–H and O–H groups in total. The second-order valence-corrected chi connectivity index (χ2v) is 5.29. The van der Waals surface area contributed by atoms with Gasteiger partial charge in [-0.25, -0.2) is 0 Å². The number of hydrogen-bond acceptors (Lipinski definition) is 2. The van der Waals surface area contributed by atoms with E-state index in [0.717, 1.165) is 6.42 Å². The Morgan fingerprint density at radius 2 is 1.78 bits per heavy atom. The minimum absolute atomic E-state index is 0.209. The molecule has 90 valence electrons. The molecule has 3 rings (SSSR count). The van der Waals surface area contributed by atoms with Gasteiger partial charge in [0.1, 0.15) is 0 Å². The van der Waals surface area contributed by atoms with Crippen molar-refractivity contribution in [3.8, 4) is 11.1 Å². The van der Waals surface area contributed by atoms with Crippen LogP contribution in [0.15, 0.2) is 53.9 Å². The molecule has 0 bridgehead atoms. The largest absolute Gasteiger partial charge is 0.396 e. The minimum Gasteiger partial charge on any atom is -0.396 e. The van der Waals surface area contributed by atoms with Crippen LogP contribution in [0.3, 0.4) is 0 Å². The highest BCUT2D eigenvalue weighted by Crippen LogP contribution is 2.30. The third-order valence-corrected chi connectivity index (χ3v) is 4.13. The average molecular weight is 254 g/mol. The molecular weight excluding hydrogens is 240 g/mol. The van der Waals surface area contributed by atoms with Gasteiger partial charge in [-0.05, 0) is 39.4 Å². The summed E-state index contributed by atoms with van der Waals surface area (Å²) >= 11 is 1.71. The van der Waals surface area contributed by atoms with Gasteiger partial charge in [-0.2, -0.15) is 0 Å². The molecule has 2 heteroatoms. The van der Waals surface area contributed by atoms with Gasteiger partial charge in [0.05, 0.1) is 0 Å². The Hall–Kier alpha value is -1.64. The molecule has 2 aromatic carbocycles. The van der Waals surface area contributed by atoms with Crippen LogP contribution in [0.2, 0.25) is 0 Å². The molecule has 0 fully saturated rings. The summed E-state index contributed by atoms with van der Waals surface area (Å²) in [6.07, 6.45) is 0.736. The molecule has 0 aliphatic carbocycles. The summed E-state index contributed by atoms with van der Waals surface area (Å²) in [6.45, 7) is 0.209. The van der Waals surface area contributed by atoms with Crippen LogP contribution in [0.25, 0.3) is 21.9 Å². The first-order valence-electron chi connectivity index (χ1n) is 6.05. The van der Waals surface area contributed by atoms with E-state index in [0.29, 0.717) is 0 Å². The van der Waals surface area contributed by atoms with E-state index in [1.165, 1.54) is 26.8 Å². The molecule has 0 aliphatic rings. The van der Waals surface area contributed by atoms with E-state index in [4.69, 9.17) is 5.11 Å². The number of rotatable bonds is 3. The van der Waals surface area contributed by atoms with Crippen LogP contribution in [0.5, 0.6) is 0 Å². The number of fused-ring (bicyclic) bond motifs is 1. The van der Waals surface area contributed by atoms with E-state index in [1.807, 2.05) is 0 Å². The van der Waals surface area contributed by atoms with E-state index in [-0.39, 0.29) is 6.61 Å². The quantitative estimate of drug-likeness (QED) is 0.746. The van der Waals surface area contributed by atoms with Gasteiger partial charge in [0.2, 0.25) is 0 Å². The zero-order valence-corrected chi connectivity index (χ0v) is 10.8. The van der Waals surface area contributed by atoms with Gasteiger partial charge in [0.15, 0.2) is 0 Å². The first-order valence-corrected chi connectivity index (χ1v) is 6.93. The van der Waals surface area contributed by atoms with Gasteiger partial charge in [0, 0.05) is 17.9 Å². The SMILES string of the molecule is OCCc1sccc1-c1ccc2ccccc2c1. The maximum Gasteiger partial charge on any atom is 0.0479 e. The number of benzene rings is 2. The van der Waals surface area contributed by atoms with E-state index >= 15 is 0 Å². The zero-order chi connectivity index (χ0) is 12.4. The fourth-order valence-corrected chi connectivity index (χ4v) is 3.14. The minimum atomic E-state index is 0.209. The molecule has 0 unspecified atom stereocenters. The molecule has 0 radical (unpaired) electrons. The van der Waals surface area contributed by atoms with Gasteiger partial charge >= 0.3 is 0 Å². The molecule has 18 heavy (non-hydrogen) atoms. The lowest BCUT2D eigenvalue weighted by molar-refractivity contribution is 0.301. The fraction of sp³-hybridized carbons (Fsp3) is 0.125. The van der Waals surface area contributed by atoms with Crippen molar-refractivity contribution in [2.75, 3.05) is 6.61 Å². The van der Waals surface area contributed by atoms with Crippen molar-refractivity contribution in [1.82, 2.24) is 0 Å². The molecule has 0 saturated heterocycles. The lowest BCUT2D eigenvalue weighted by Crippen LogP contribution is -1.89. The first kappa shape index (κ1) is 11.5. The topological polar surface area (TPSA) is 20.2 Å². The molecule has 0 saturated carbocycles. The Morgan fingerprint density at radius 1 is 0.944 bits per heavy atom. The average Bonchev–Trinajstić information content (AvgIpc) is 2.87. The molecule has 0 spiro atoms. The summed E-state index contributed by atoms with van der Waals surface area (Å²) in [7, 11) is 0. The van der Waals surface area contributed by atoms with Gasteiger partial charge in [-0.15, -0.1) is 11.3 Å². The summed E-state index contributed by atoms with van der Waals surface area (Å²) in [4.78, 5) is 1.26. The maximum atomic E-state index is 9.09. The van der Waals surface area contributed by atoms with E-state index in [1.54, 1.807) is 11.3 Å². The smallest absolute Gasteiger partial charge is 0.0479 e. The second-order valence-electron chi connectivity index (χ2n) is 4.29. The van der Waals surface area contributed by atoms with E-state index in [9.17, 15) is 0 Å². The Kier molecular flexibility index (Phi) is 3.13. The molecule has 3 aromatic rings. The third kappa shape index (κ3) is 2.05. The molecule has 1 nitrogen and oxygen atoms in total. The van der Waals surface area contributed by atoms with Crippen LogP contribution >= 0.6 is 11.3 Å². The van der Waals surface area contributed by atoms with Crippen molar-refractivity contribution in [3.05, 3.63) is 58.8 Å². The first-order chi connectivity index (χ1) is 8.88. The molecule has 0 amide bonds. The summed E-state index contributed by atoms with van der Waals surface area (Å²) in [6, 6.07) is 17.1. The monoisotopic (exact) mass is 254 g/mol. The molecule has 0 atom stereocenters.